The van der Waals surface area contributed by atoms with Gasteiger partial charge in [-0.05, 0) is 12.8 Å². The number of amides is 1. The first-order valence-electron chi connectivity index (χ1n) is 6.46. The maximum absolute atomic E-state index is 11.6. The predicted octanol–water partition coefficient (Wildman–Crippen LogP) is -1.97. The molecule has 0 aromatic rings. The van der Waals surface area contributed by atoms with Crippen LogP contribution in [-0.2, 0) is 19.4 Å². The zero-order valence-corrected chi connectivity index (χ0v) is 11.5. The molecule has 1 amide bonds. The van der Waals surface area contributed by atoms with Gasteiger partial charge in [-0.2, -0.15) is 0 Å². The molecule has 110 valence electrons. The van der Waals surface area contributed by atoms with E-state index < -0.39 is 22.0 Å². The van der Waals surface area contributed by atoms with Crippen molar-refractivity contribution in [2.45, 2.75) is 31.1 Å². The van der Waals surface area contributed by atoms with Crippen molar-refractivity contribution >= 4 is 15.7 Å². The van der Waals surface area contributed by atoms with Crippen LogP contribution in [0.2, 0.25) is 0 Å². The van der Waals surface area contributed by atoms with Gasteiger partial charge in [0.1, 0.15) is 0 Å². The maximum atomic E-state index is 11.6. The largest absolute Gasteiger partial charge is 0.390 e. The number of hydrogen-bond acceptors (Lipinski definition) is 6. The number of carbonyl (C=O) groups excluding carboxylic acids is 1. The van der Waals surface area contributed by atoms with E-state index in [1.54, 1.807) is 0 Å². The summed E-state index contributed by atoms with van der Waals surface area (Å²) in [6.45, 7) is 1.22. The third-order valence-corrected chi connectivity index (χ3v) is 5.11. The average molecular weight is 292 g/mol. The van der Waals surface area contributed by atoms with E-state index in [1.165, 1.54) is 0 Å². The van der Waals surface area contributed by atoms with Gasteiger partial charge in [0, 0.05) is 19.2 Å². The lowest BCUT2D eigenvalue weighted by atomic mass is 10.2. The molecule has 3 N–H and O–H groups in total. The topological polar surface area (TPSA) is 105 Å². The molecule has 0 spiro atoms. The average Bonchev–Trinajstić information content (AvgIpc) is 2.91. The molecule has 0 aromatic heterocycles. The van der Waals surface area contributed by atoms with Gasteiger partial charge in [0.05, 0.1) is 30.3 Å². The van der Waals surface area contributed by atoms with Crippen LogP contribution in [0, 0.1) is 0 Å². The first-order valence-corrected chi connectivity index (χ1v) is 8.28. The Morgan fingerprint density at radius 3 is 2.74 bits per heavy atom. The van der Waals surface area contributed by atoms with Gasteiger partial charge in [0.15, 0.2) is 9.84 Å². The van der Waals surface area contributed by atoms with Gasteiger partial charge >= 0.3 is 0 Å². The molecule has 0 aliphatic carbocycles. The number of ether oxygens (including phenoxy) is 1. The molecule has 2 fully saturated rings. The predicted molar refractivity (Wildman–Crippen MR) is 68.4 cm³/mol. The summed E-state index contributed by atoms with van der Waals surface area (Å²) in [6, 6.07) is -0.557. The minimum absolute atomic E-state index is 0.00394. The lowest BCUT2D eigenvalue weighted by molar-refractivity contribution is -0.120. The Labute approximate surface area is 112 Å². The van der Waals surface area contributed by atoms with Crippen LogP contribution in [0.3, 0.4) is 0 Å². The monoisotopic (exact) mass is 292 g/mol. The third-order valence-electron chi connectivity index (χ3n) is 3.40. The molecular weight excluding hydrogens is 272 g/mol. The van der Waals surface area contributed by atoms with Crippen molar-refractivity contribution in [3.8, 4) is 0 Å². The minimum atomic E-state index is -3.18. The van der Waals surface area contributed by atoms with E-state index in [0.29, 0.717) is 6.54 Å². The second kappa shape index (κ2) is 6.17. The number of sulfone groups is 1. The Balaban J connectivity index is 1.66. The van der Waals surface area contributed by atoms with Crippen LogP contribution in [0.5, 0.6) is 0 Å². The molecule has 0 saturated carbocycles. The van der Waals surface area contributed by atoms with Gasteiger partial charge < -0.3 is 20.5 Å². The van der Waals surface area contributed by atoms with Crippen LogP contribution in [0.4, 0.5) is 0 Å². The second-order valence-corrected chi connectivity index (χ2v) is 7.22. The maximum Gasteiger partial charge on any atom is 0.234 e. The fourth-order valence-corrected chi connectivity index (χ4v) is 4.12. The summed E-state index contributed by atoms with van der Waals surface area (Å²) < 4.78 is 27.9. The van der Waals surface area contributed by atoms with Gasteiger partial charge in [-0.3, -0.25) is 4.79 Å². The van der Waals surface area contributed by atoms with Crippen LogP contribution in [0.15, 0.2) is 0 Å². The molecule has 2 aliphatic heterocycles. The van der Waals surface area contributed by atoms with Gasteiger partial charge in [0.2, 0.25) is 5.91 Å². The van der Waals surface area contributed by atoms with E-state index in [2.05, 4.69) is 10.6 Å². The van der Waals surface area contributed by atoms with Gasteiger partial charge in [-0.15, -0.1) is 0 Å². The third kappa shape index (κ3) is 4.41. The SMILES string of the molecule is O=C(CNC1CS(=O)(=O)CC1O)NCC1CCCO1. The summed E-state index contributed by atoms with van der Waals surface area (Å²) in [5, 5.41) is 15.1. The first-order chi connectivity index (χ1) is 8.96. The standard InChI is InChI=1S/C11H20N2O5S/c14-10-7-19(16,17)6-9(10)12-5-11(15)13-4-8-2-1-3-18-8/h8-10,12,14H,1-7H2,(H,13,15). The second-order valence-electron chi connectivity index (χ2n) is 5.07. The molecule has 0 aromatic carbocycles. The molecule has 0 radical (unpaired) electrons. The van der Waals surface area contributed by atoms with Crippen molar-refractivity contribution in [3.63, 3.8) is 0 Å². The lowest BCUT2D eigenvalue weighted by Crippen LogP contribution is -2.45. The van der Waals surface area contributed by atoms with Crippen LogP contribution < -0.4 is 10.6 Å². The summed E-state index contributed by atoms with van der Waals surface area (Å²) in [5.74, 6) is -0.568. The van der Waals surface area contributed by atoms with Gasteiger partial charge in [0.25, 0.3) is 0 Å². The Kier molecular flexibility index (Phi) is 4.77. The fraction of sp³-hybridized carbons (Fsp3) is 0.909. The number of nitrogens with one attached hydrogen (secondary N) is 2. The van der Waals surface area contributed by atoms with Gasteiger partial charge in [-0.25, -0.2) is 8.42 Å². The number of aliphatic hydroxyl groups is 1. The van der Waals surface area contributed by atoms with Crippen LogP contribution in [0.25, 0.3) is 0 Å². The summed E-state index contributed by atoms with van der Waals surface area (Å²) in [6.07, 6.45) is 1.12. The molecule has 19 heavy (non-hydrogen) atoms. The fourth-order valence-electron chi connectivity index (χ4n) is 2.34. The number of carbonyl (C=O) groups is 1. The van der Waals surface area contributed by atoms with Crippen molar-refractivity contribution in [2.24, 2.45) is 0 Å². The highest BCUT2D eigenvalue weighted by Crippen LogP contribution is 2.12. The first kappa shape index (κ1) is 14.7. The quantitative estimate of drug-likeness (QED) is 0.543. The number of rotatable bonds is 5. The summed E-state index contributed by atoms with van der Waals surface area (Å²) in [5.41, 5.74) is 0. The Morgan fingerprint density at radius 1 is 1.37 bits per heavy atom. The lowest BCUT2D eigenvalue weighted by Gasteiger charge is -2.15. The van der Waals surface area contributed by atoms with Crippen LogP contribution in [-0.4, -0.2) is 68.9 Å². The normalized spacial score (nSPS) is 33.4. The summed E-state index contributed by atoms with van der Waals surface area (Å²) in [7, 11) is -3.18. The highest BCUT2D eigenvalue weighted by molar-refractivity contribution is 7.91. The van der Waals surface area contributed by atoms with Crippen molar-refractivity contribution in [1.82, 2.24) is 10.6 Å². The summed E-state index contributed by atoms with van der Waals surface area (Å²) in [4.78, 5) is 11.6. The Bertz CT molecular complexity index is 419. The molecule has 8 heteroatoms. The van der Waals surface area contributed by atoms with E-state index >= 15 is 0 Å². The molecule has 2 saturated heterocycles. The van der Waals surface area contributed by atoms with E-state index in [9.17, 15) is 18.3 Å². The van der Waals surface area contributed by atoms with Crippen molar-refractivity contribution < 1.29 is 23.1 Å². The Morgan fingerprint density at radius 2 is 2.16 bits per heavy atom. The van der Waals surface area contributed by atoms with Crippen LogP contribution in [0.1, 0.15) is 12.8 Å². The zero-order chi connectivity index (χ0) is 13.9. The van der Waals surface area contributed by atoms with Gasteiger partial charge in [-0.1, -0.05) is 0 Å². The highest BCUT2D eigenvalue weighted by atomic mass is 32.2. The number of aliphatic hydroxyl groups excluding tert-OH is 1. The molecule has 0 bridgehead atoms. The molecule has 2 rings (SSSR count). The molecule has 3 unspecified atom stereocenters. The molecule has 2 heterocycles. The highest BCUT2D eigenvalue weighted by Gasteiger charge is 2.36. The molecule has 2 aliphatic rings. The number of hydrogen-bond donors (Lipinski definition) is 3. The molecule has 3 atom stereocenters. The molecular formula is C11H20N2O5S. The van der Waals surface area contributed by atoms with Crippen molar-refractivity contribution in [2.75, 3.05) is 31.2 Å². The summed E-state index contributed by atoms with van der Waals surface area (Å²) >= 11 is 0. The van der Waals surface area contributed by atoms with E-state index in [1.807, 2.05) is 0 Å². The van der Waals surface area contributed by atoms with E-state index in [-0.39, 0.29) is 30.1 Å². The molecule has 7 nitrogen and oxygen atoms in total. The Hall–Kier alpha value is -0.700. The van der Waals surface area contributed by atoms with Crippen LogP contribution >= 0.6 is 0 Å². The minimum Gasteiger partial charge on any atom is -0.390 e. The van der Waals surface area contributed by atoms with E-state index in [0.717, 1.165) is 19.4 Å². The smallest absolute Gasteiger partial charge is 0.234 e. The van der Waals surface area contributed by atoms with Crippen molar-refractivity contribution in [3.05, 3.63) is 0 Å². The van der Waals surface area contributed by atoms with Crippen molar-refractivity contribution in [1.29, 1.82) is 0 Å². The zero-order valence-electron chi connectivity index (χ0n) is 10.7. The van der Waals surface area contributed by atoms with E-state index in [4.69, 9.17) is 4.74 Å².